The minimum Gasteiger partial charge on any atom is -0.481 e. The van der Waals surface area contributed by atoms with E-state index < -0.39 is 11.4 Å². The quantitative estimate of drug-likeness (QED) is 0.737. The first-order valence-corrected chi connectivity index (χ1v) is 5.61. The fourth-order valence-electron chi connectivity index (χ4n) is 2.23. The number of ether oxygens (including phenoxy) is 1. The molecule has 94 valence electrons. The number of benzene rings is 1. The van der Waals surface area contributed by atoms with E-state index in [0.717, 1.165) is 11.1 Å². The minimum atomic E-state index is -0.837. The zero-order valence-corrected chi connectivity index (χ0v) is 9.53. The highest BCUT2D eigenvalue weighted by Crippen LogP contribution is 2.32. The van der Waals surface area contributed by atoms with Crippen molar-refractivity contribution in [1.82, 2.24) is 9.97 Å². The van der Waals surface area contributed by atoms with Crippen LogP contribution in [0.1, 0.15) is 5.56 Å². The Kier molecular flexibility index (Phi) is 2.27. The summed E-state index contributed by atoms with van der Waals surface area (Å²) in [7, 11) is 0. The standard InChI is InChI=1S/C12H12N2O4/c15-10(16)12(5-18-6-12)4-7-1-2-8-9(3-7)14-11(17)13-8/h1-3H,4-6H2,(H,15,16)(H2,13,14,17). The van der Waals surface area contributed by atoms with Crippen molar-refractivity contribution in [2.45, 2.75) is 6.42 Å². The number of carboxylic acids is 1. The molecule has 0 unspecified atom stereocenters. The fraction of sp³-hybridized carbons (Fsp3) is 0.333. The number of carbonyl (C=O) groups is 1. The number of H-pyrrole nitrogens is 2. The molecule has 6 heteroatoms. The monoisotopic (exact) mass is 248 g/mol. The minimum absolute atomic E-state index is 0.240. The summed E-state index contributed by atoms with van der Waals surface area (Å²) < 4.78 is 5.02. The van der Waals surface area contributed by atoms with Crippen molar-refractivity contribution in [3.8, 4) is 0 Å². The topological polar surface area (TPSA) is 95.2 Å². The van der Waals surface area contributed by atoms with E-state index in [1.807, 2.05) is 6.07 Å². The molecule has 0 radical (unpaired) electrons. The number of hydrogen-bond acceptors (Lipinski definition) is 3. The van der Waals surface area contributed by atoms with Crippen LogP contribution in [-0.4, -0.2) is 34.3 Å². The molecule has 0 saturated carbocycles. The lowest BCUT2D eigenvalue weighted by Crippen LogP contribution is -2.50. The maximum atomic E-state index is 11.2. The van der Waals surface area contributed by atoms with Gasteiger partial charge in [-0.25, -0.2) is 4.79 Å². The summed E-state index contributed by atoms with van der Waals surface area (Å²) in [4.78, 5) is 27.7. The molecule has 3 N–H and O–H groups in total. The fourth-order valence-corrected chi connectivity index (χ4v) is 2.23. The van der Waals surface area contributed by atoms with Crippen LogP contribution >= 0.6 is 0 Å². The third-order valence-corrected chi connectivity index (χ3v) is 3.33. The van der Waals surface area contributed by atoms with E-state index in [9.17, 15) is 14.7 Å². The first kappa shape index (κ1) is 11.0. The predicted molar refractivity (Wildman–Crippen MR) is 63.5 cm³/mol. The van der Waals surface area contributed by atoms with Crippen molar-refractivity contribution < 1.29 is 14.6 Å². The maximum Gasteiger partial charge on any atom is 0.323 e. The molecule has 18 heavy (non-hydrogen) atoms. The Bertz CT molecular complexity index is 666. The molecule has 1 fully saturated rings. The number of nitrogens with one attached hydrogen (secondary N) is 2. The normalized spacial score (nSPS) is 17.6. The van der Waals surface area contributed by atoms with Gasteiger partial charge in [0.2, 0.25) is 0 Å². The van der Waals surface area contributed by atoms with Crippen molar-refractivity contribution in [1.29, 1.82) is 0 Å². The average Bonchev–Trinajstić information content (AvgIpc) is 2.62. The van der Waals surface area contributed by atoms with Crippen molar-refractivity contribution in [2.24, 2.45) is 5.41 Å². The Labute approximate surface area is 102 Å². The van der Waals surface area contributed by atoms with Gasteiger partial charge in [-0.05, 0) is 24.1 Å². The second-order valence-electron chi connectivity index (χ2n) is 4.71. The van der Waals surface area contributed by atoms with Crippen LogP contribution in [0, 0.1) is 5.41 Å². The first-order chi connectivity index (χ1) is 8.59. The molecular weight excluding hydrogens is 236 g/mol. The zero-order chi connectivity index (χ0) is 12.8. The van der Waals surface area contributed by atoms with Crippen LogP contribution in [0.15, 0.2) is 23.0 Å². The molecule has 0 atom stereocenters. The third-order valence-electron chi connectivity index (χ3n) is 3.33. The van der Waals surface area contributed by atoms with Gasteiger partial charge in [0.25, 0.3) is 0 Å². The van der Waals surface area contributed by atoms with Crippen LogP contribution in [0.2, 0.25) is 0 Å². The number of aromatic nitrogens is 2. The van der Waals surface area contributed by atoms with Gasteiger partial charge in [-0.3, -0.25) is 4.79 Å². The molecule has 1 aromatic carbocycles. The zero-order valence-electron chi connectivity index (χ0n) is 9.53. The van der Waals surface area contributed by atoms with Gasteiger partial charge in [0, 0.05) is 0 Å². The highest BCUT2D eigenvalue weighted by atomic mass is 16.5. The van der Waals surface area contributed by atoms with Crippen molar-refractivity contribution in [3.63, 3.8) is 0 Å². The van der Waals surface area contributed by atoms with Gasteiger partial charge >= 0.3 is 11.7 Å². The molecule has 0 amide bonds. The molecule has 1 aromatic heterocycles. The second kappa shape index (κ2) is 3.71. The summed E-state index contributed by atoms with van der Waals surface area (Å²) in [5.74, 6) is -0.837. The summed E-state index contributed by atoms with van der Waals surface area (Å²) in [5, 5.41) is 9.22. The molecule has 1 aliphatic heterocycles. The van der Waals surface area contributed by atoms with E-state index in [-0.39, 0.29) is 18.9 Å². The van der Waals surface area contributed by atoms with Crippen LogP contribution < -0.4 is 5.69 Å². The number of rotatable bonds is 3. The van der Waals surface area contributed by atoms with Gasteiger partial charge in [-0.2, -0.15) is 0 Å². The molecule has 1 saturated heterocycles. The molecule has 0 bridgehead atoms. The Balaban J connectivity index is 1.95. The highest BCUT2D eigenvalue weighted by molar-refractivity contribution is 5.78. The Hall–Kier alpha value is -2.08. The number of aliphatic carboxylic acids is 1. The van der Waals surface area contributed by atoms with E-state index in [0.29, 0.717) is 11.9 Å². The number of aromatic amines is 2. The number of carboxylic acid groups (broad SMARTS) is 1. The van der Waals surface area contributed by atoms with E-state index in [1.165, 1.54) is 0 Å². The van der Waals surface area contributed by atoms with E-state index >= 15 is 0 Å². The summed E-state index contributed by atoms with van der Waals surface area (Å²) in [6.45, 7) is 0.480. The maximum absolute atomic E-state index is 11.2. The number of hydrogen-bond donors (Lipinski definition) is 3. The van der Waals surface area contributed by atoms with Crippen LogP contribution in [0.25, 0.3) is 11.0 Å². The smallest absolute Gasteiger partial charge is 0.323 e. The molecule has 3 rings (SSSR count). The number of fused-ring (bicyclic) bond motifs is 1. The van der Waals surface area contributed by atoms with Crippen molar-refractivity contribution in [2.75, 3.05) is 13.2 Å². The van der Waals surface area contributed by atoms with Gasteiger partial charge in [0.1, 0.15) is 5.41 Å². The summed E-state index contributed by atoms with van der Waals surface area (Å²) in [5.41, 5.74) is 1.21. The molecule has 2 aromatic rings. The second-order valence-corrected chi connectivity index (χ2v) is 4.71. The lowest BCUT2D eigenvalue weighted by Gasteiger charge is -2.37. The van der Waals surface area contributed by atoms with Gasteiger partial charge in [0.05, 0.1) is 24.2 Å². The Morgan fingerprint density at radius 1 is 1.33 bits per heavy atom. The lowest BCUT2D eigenvalue weighted by molar-refractivity contribution is -0.179. The van der Waals surface area contributed by atoms with Gasteiger partial charge in [0.15, 0.2) is 0 Å². The van der Waals surface area contributed by atoms with E-state index in [1.54, 1.807) is 12.1 Å². The predicted octanol–water partition coefficient (Wildman–Crippen LogP) is 0.500. The van der Waals surface area contributed by atoms with E-state index in [2.05, 4.69) is 9.97 Å². The summed E-state index contributed by atoms with van der Waals surface area (Å²) in [6, 6.07) is 5.41. The van der Waals surface area contributed by atoms with Crippen LogP contribution in [0.4, 0.5) is 0 Å². The third kappa shape index (κ3) is 1.62. The van der Waals surface area contributed by atoms with Crippen molar-refractivity contribution in [3.05, 3.63) is 34.2 Å². The SMILES string of the molecule is O=C(O)C1(Cc2ccc3[nH]c(=O)[nH]c3c2)COC1. The molecule has 6 nitrogen and oxygen atoms in total. The number of imidazole rings is 1. The molecule has 1 aliphatic rings. The van der Waals surface area contributed by atoms with Gasteiger partial charge in [-0.15, -0.1) is 0 Å². The highest BCUT2D eigenvalue weighted by Gasteiger charge is 2.46. The Morgan fingerprint density at radius 2 is 2.06 bits per heavy atom. The lowest BCUT2D eigenvalue weighted by atomic mass is 9.80. The van der Waals surface area contributed by atoms with Gasteiger partial charge in [-0.1, -0.05) is 6.07 Å². The van der Waals surface area contributed by atoms with Gasteiger partial charge < -0.3 is 19.8 Å². The molecule has 2 heterocycles. The average molecular weight is 248 g/mol. The van der Waals surface area contributed by atoms with Crippen LogP contribution in [-0.2, 0) is 16.0 Å². The van der Waals surface area contributed by atoms with Crippen LogP contribution in [0.3, 0.4) is 0 Å². The molecule has 0 spiro atoms. The largest absolute Gasteiger partial charge is 0.481 e. The van der Waals surface area contributed by atoms with E-state index in [4.69, 9.17) is 4.74 Å². The molecule has 0 aliphatic carbocycles. The summed E-state index contributed by atoms with van der Waals surface area (Å²) >= 11 is 0. The Morgan fingerprint density at radius 3 is 2.67 bits per heavy atom. The first-order valence-electron chi connectivity index (χ1n) is 5.61. The molecular formula is C12H12N2O4. The van der Waals surface area contributed by atoms with Crippen molar-refractivity contribution >= 4 is 17.0 Å². The summed E-state index contributed by atoms with van der Waals surface area (Å²) in [6.07, 6.45) is 0.408. The van der Waals surface area contributed by atoms with Crippen LogP contribution in [0.5, 0.6) is 0 Å².